The van der Waals surface area contributed by atoms with Gasteiger partial charge in [-0.15, -0.1) is 0 Å². The first-order valence-corrected chi connectivity index (χ1v) is 11.5. The van der Waals surface area contributed by atoms with E-state index in [-0.39, 0.29) is 35.3 Å². The van der Waals surface area contributed by atoms with Gasteiger partial charge in [0, 0.05) is 12.7 Å². The number of phenols is 1. The van der Waals surface area contributed by atoms with E-state index in [0.717, 1.165) is 0 Å². The molecule has 162 valence electrons. The predicted octanol–water partition coefficient (Wildman–Crippen LogP) is 3.18. The fourth-order valence-electron chi connectivity index (χ4n) is 3.39. The Kier molecular flexibility index (Phi) is 7.09. The number of aliphatic hydroxyl groups excluding tert-OH is 1. The van der Waals surface area contributed by atoms with Crippen LogP contribution in [-0.4, -0.2) is 38.2 Å². The highest BCUT2D eigenvalue weighted by atomic mass is 32.2. The van der Waals surface area contributed by atoms with E-state index >= 15 is 0 Å². The maximum atomic E-state index is 13.0. The van der Waals surface area contributed by atoms with Crippen LogP contribution in [0.4, 0.5) is 5.69 Å². The van der Waals surface area contributed by atoms with Crippen molar-refractivity contribution >= 4 is 21.4 Å². The van der Waals surface area contributed by atoms with Gasteiger partial charge < -0.3 is 15.1 Å². The summed E-state index contributed by atoms with van der Waals surface area (Å²) in [5.74, 6) is -1.13. The number of hydrogen-bond acceptors (Lipinski definition) is 5. The summed E-state index contributed by atoms with van der Waals surface area (Å²) in [4.78, 5) is 14.6. The maximum absolute atomic E-state index is 13.0. The van der Waals surface area contributed by atoms with Crippen molar-refractivity contribution in [2.24, 2.45) is 5.92 Å². The number of anilines is 1. The van der Waals surface area contributed by atoms with Gasteiger partial charge in [-0.1, -0.05) is 42.5 Å². The Morgan fingerprint density at radius 1 is 0.903 bits per heavy atom. The second-order valence-electron chi connectivity index (χ2n) is 7.34. The van der Waals surface area contributed by atoms with Crippen molar-refractivity contribution in [2.45, 2.75) is 17.1 Å². The Labute approximate surface area is 182 Å². The van der Waals surface area contributed by atoms with E-state index in [9.17, 15) is 23.4 Å². The fraction of sp³-hybridized carbons (Fsp3) is 0.208. The largest absolute Gasteiger partial charge is 0.508 e. The molecule has 0 spiro atoms. The zero-order valence-corrected chi connectivity index (χ0v) is 18.0. The van der Waals surface area contributed by atoms with Crippen LogP contribution in [0.5, 0.6) is 5.75 Å². The van der Waals surface area contributed by atoms with Crippen LogP contribution in [0, 0.1) is 5.92 Å². The summed E-state index contributed by atoms with van der Waals surface area (Å²) in [5, 5.41) is 19.3. The molecule has 0 aliphatic carbocycles. The third kappa shape index (κ3) is 5.51. The third-order valence-electron chi connectivity index (χ3n) is 5.17. The second kappa shape index (κ2) is 9.76. The first kappa shape index (κ1) is 22.5. The van der Waals surface area contributed by atoms with Crippen LogP contribution >= 0.6 is 0 Å². The SMILES string of the molecule is CN(C(=O)C(CO)Cc1ccccc1CS(=O)(=O)c1ccccc1)c1ccc(O)cc1. The number of nitrogens with zero attached hydrogens (tertiary/aromatic N) is 1. The molecule has 0 aliphatic heterocycles. The van der Waals surface area contributed by atoms with Gasteiger partial charge in [-0.2, -0.15) is 0 Å². The smallest absolute Gasteiger partial charge is 0.232 e. The van der Waals surface area contributed by atoms with E-state index in [1.807, 2.05) is 0 Å². The number of amides is 1. The molecular weight excluding hydrogens is 414 g/mol. The van der Waals surface area contributed by atoms with E-state index in [4.69, 9.17) is 0 Å². The second-order valence-corrected chi connectivity index (χ2v) is 9.33. The Balaban J connectivity index is 1.81. The van der Waals surface area contributed by atoms with Gasteiger partial charge in [-0.3, -0.25) is 4.79 Å². The summed E-state index contributed by atoms with van der Waals surface area (Å²) >= 11 is 0. The van der Waals surface area contributed by atoms with Crippen molar-refractivity contribution in [3.8, 4) is 5.75 Å². The normalized spacial score (nSPS) is 12.3. The number of phenolic OH excluding ortho intramolecular Hbond substituents is 1. The minimum atomic E-state index is -3.54. The fourth-order valence-corrected chi connectivity index (χ4v) is 4.82. The van der Waals surface area contributed by atoms with Crippen molar-refractivity contribution < 1.29 is 23.4 Å². The molecule has 0 heterocycles. The number of rotatable bonds is 8. The highest BCUT2D eigenvalue weighted by Gasteiger charge is 2.25. The molecule has 6 nitrogen and oxygen atoms in total. The molecule has 3 aromatic rings. The van der Waals surface area contributed by atoms with Crippen LogP contribution in [0.1, 0.15) is 11.1 Å². The van der Waals surface area contributed by atoms with E-state index in [2.05, 4.69) is 0 Å². The van der Waals surface area contributed by atoms with E-state index in [0.29, 0.717) is 16.8 Å². The Bertz CT molecular complexity index is 1130. The first-order valence-electron chi connectivity index (χ1n) is 9.84. The lowest BCUT2D eigenvalue weighted by atomic mass is 9.95. The van der Waals surface area contributed by atoms with Gasteiger partial charge >= 0.3 is 0 Å². The Morgan fingerprint density at radius 3 is 2.10 bits per heavy atom. The molecule has 0 radical (unpaired) electrons. The molecule has 0 aromatic heterocycles. The average molecular weight is 440 g/mol. The number of aliphatic hydroxyl groups is 1. The average Bonchev–Trinajstić information content (AvgIpc) is 2.78. The molecule has 3 aromatic carbocycles. The van der Waals surface area contributed by atoms with Crippen molar-refractivity contribution in [3.05, 3.63) is 90.0 Å². The van der Waals surface area contributed by atoms with Crippen LogP contribution in [0.15, 0.2) is 83.8 Å². The lowest BCUT2D eigenvalue weighted by molar-refractivity contribution is -0.123. The zero-order chi connectivity index (χ0) is 22.4. The highest BCUT2D eigenvalue weighted by molar-refractivity contribution is 7.90. The number of aromatic hydroxyl groups is 1. The topological polar surface area (TPSA) is 94.9 Å². The molecular formula is C24H25NO5S. The van der Waals surface area contributed by atoms with E-state index < -0.39 is 15.8 Å². The summed E-state index contributed by atoms with van der Waals surface area (Å²) in [6, 6.07) is 21.5. The monoisotopic (exact) mass is 439 g/mol. The molecule has 0 saturated carbocycles. The molecule has 0 bridgehead atoms. The number of sulfone groups is 1. The molecule has 0 aliphatic rings. The number of hydrogen-bond donors (Lipinski definition) is 2. The highest BCUT2D eigenvalue weighted by Crippen LogP contribution is 2.24. The maximum Gasteiger partial charge on any atom is 0.232 e. The van der Waals surface area contributed by atoms with Crippen LogP contribution in [0.2, 0.25) is 0 Å². The third-order valence-corrected chi connectivity index (χ3v) is 6.85. The minimum Gasteiger partial charge on any atom is -0.508 e. The van der Waals surface area contributed by atoms with Crippen molar-refractivity contribution in [3.63, 3.8) is 0 Å². The summed E-state index contributed by atoms with van der Waals surface area (Å²) in [6.45, 7) is -0.374. The lowest BCUT2D eigenvalue weighted by Gasteiger charge is -2.23. The molecule has 1 amide bonds. The van der Waals surface area contributed by atoms with Gasteiger partial charge in [0.2, 0.25) is 5.91 Å². The Morgan fingerprint density at radius 2 is 1.48 bits per heavy atom. The Hall–Kier alpha value is -3.16. The minimum absolute atomic E-state index is 0.0943. The van der Waals surface area contributed by atoms with Crippen molar-refractivity contribution in [1.82, 2.24) is 0 Å². The van der Waals surface area contributed by atoms with Crippen LogP contribution < -0.4 is 4.90 Å². The molecule has 7 heteroatoms. The molecule has 0 fully saturated rings. The van der Waals surface area contributed by atoms with Crippen molar-refractivity contribution in [2.75, 3.05) is 18.6 Å². The van der Waals surface area contributed by atoms with Gasteiger partial charge in [0.05, 0.1) is 23.2 Å². The van der Waals surface area contributed by atoms with Crippen LogP contribution in [-0.2, 0) is 26.8 Å². The molecule has 0 saturated heterocycles. The molecule has 1 unspecified atom stereocenters. The predicted molar refractivity (Wildman–Crippen MR) is 120 cm³/mol. The standard InChI is InChI=1S/C24H25NO5S/c1-25(21-11-13-22(27)14-12-21)24(28)20(16-26)15-18-7-5-6-8-19(18)17-31(29,30)23-9-3-2-4-10-23/h2-14,20,26-27H,15-17H2,1H3. The van der Waals surface area contributed by atoms with Gasteiger partial charge in [-0.25, -0.2) is 8.42 Å². The summed E-state index contributed by atoms with van der Waals surface area (Å²) in [6.07, 6.45) is 0.207. The number of carbonyl (C=O) groups is 1. The quantitative estimate of drug-likeness (QED) is 0.562. The van der Waals surface area contributed by atoms with Crippen LogP contribution in [0.3, 0.4) is 0 Å². The van der Waals surface area contributed by atoms with Gasteiger partial charge in [0.15, 0.2) is 9.84 Å². The molecule has 3 rings (SSSR count). The number of carbonyl (C=O) groups excluding carboxylic acids is 1. The molecule has 31 heavy (non-hydrogen) atoms. The van der Waals surface area contributed by atoms with E-state index in [1.165, 1.54) is 17.0 Å². The van der Waals surface area contributed by atoms with Gasteiger partial charge in [0.25, 0.3) is 0 Å². The number of benzene rings is 3. The summed E-state index contributed by atoms with van der Waals surface area (Å²) in [7, 11) is -1.94. The molecule has 1 atom stereocenters. The first-order chi connectivity index (χ1) is 14.8. The molecule has 2 N–H and O–H groups in total. The van der Waals surface area contributed by atoms with Crippen LogP contribution in [0.25, 0.3) is 0 Å². The summed E-state index contributed by atoms with van der Waals surface area (Å²) in [5.41, 5.74) is 1.89. The summed E-state index contributed by atoms with van der Waals surface area (Å²) < 4.78 is 25.6. The van der Waals surface area contributed by atoms with Gasteiger partial charge in [-0.05, 0) is 53.9 Å². The van der Waals surface area contributed by atoms with Gasteiger partial charge in [0.1, 0.15) is 5.75 Å². The lowest BCUT2D eigenvalue weighted by Crippen LogP contribution is -2.36. The van der Waals surface area contributed by atoms with E-state index in [1.54, 1.807) is 73.8 Å². The zero-order valence-electron chi connectivity index (χ0n) is 17.2. The van der Waals surface area contributed by atoms with Crippen molar-refractivity contribution in [1.29, 1.82) is 0 Å².